The van der Waals surface area contributed by atoms with E-state index in [4.69, 9.17) is 10.4 Å². The van der Waals surface area contributed by atoms with Gasteiger partial charge in [-0.2, -0.15) is 5.10 Å². The van der Waals surface area contributed by atoms with E-state index >= 15 is 0 Å². The standard InChI is InChI=1S/C9H9N3O2/c13-12(14)8-3-1-7(2-4-8)9-5-6-10-11-9/h1-6,13-14H,(H,10,11). The smallest absolute Gasteiger partial charge is 0.0943 e. The highest BCUT2D eigenvalue weighted by atomic mass is 16.8. The van der Waals surface area contributed by atoms with E-state index in [0.29, 0.717) is 5.69 Å². The van der Waals surface area contributed by atoms with Gasteiger partial charge in [0.15, 0.2) is 0 Å². The number of hydrogen-bond acceptors (Lipinski definition) is 4. The molecule has 14 heavy (non-hydrogen) atoms. The van der Waals surface area contributed by atoms with Gasteiger partial charge in [0.25, 0.3) is 0 Å². The molecule has 5 heteroatoms. The first kappa shape index (κ1) is 8.74. The number of H-pyrrole nitrogens is 1. The SMILES string of the molecule is ON(O)c1ccc(-c2ccn[nH]2)cc1. The molecule has 1 heterocycles. The van der Waals surface area contributed by atoms with Gasteiger partial charge >= 0.3 is 0 Å². The molecule has 2 rings (SSSR count). The molecule has 0 aliphatic carbocycles. The second kappa shape index (κ2) is 3.49. The first-order valence-corrected chi connectivity index (χ1v) is 4.05. The highest BCUT2D eigenvalue weighted by molar-refractivity contribution is 5.61. The number of benzene rings is 1. The molecule has 0 saturated heterocycles. The molecule has 0 saturated carbocycles. The highest BCUT2D eigenvalue weighted by Gasteiger charge is 2.01. The van der Waals surface area contributed by atoms with Gasteiger partial charge < -0.3 is 0 Å². The lowest BCUT2D eigenvalue weighted by atomic mass is 10.1. The van der Waals surface area contributed by atoms with E-state index in [-0.39, 0.29) is 5.23 Å². The van der Waals surface area contributed by atoms with E-state index in [1.54, 1.807) is 30.5 Å². The van der Waals surface area contributed by atoms with Gasteiger partial charge in [-0.25, -0.2) is 0 Å². The molecule has 0 spiro atoms. The van der Waals surface area contributed by atoms with Crippen LogP contribution in [0.5, 0.6) is 0 Å². The van der Waals surface area contributed by atoms with Crippen LogP contribution in [0.15, 0.2) is 36.5 Å². The molecule has 1 aromatic carbocycles. The molecule has 0 unspecified atom stereocenters. The quantitative estimate of drug-likeness (QED) is 0.631. The molecule has 72 valence electrons. The van der Waals surface area contributed by atoms with Crippen molar-refractivity contribution in [2.75, 3.05) is 5.23 Å². The fourth-order valence-electron chi connectivity index (χ4n) is 1.19. The fourth-order valence-corrected chi connectivity index (χ4v) is 1.19. The highest BCUT2D eigenvalue weighted by Crippen LogP contribution is 2.19. The van der Waals surface area contributed by atoms with Crippen LogP contribution in [0.1, 0.15) is 0 Å². The number of rotatable bonds is 2. The summed E-state index contributed by atoms with van der Waals surface area (Å²) in [7, 11) is 0. The third-order valence-corrected chi connectivity index (χ3v) is 1.91. The molecule has 0 aliphatic rings. The first-order chi connectivity index (χ1) is 6.77. The maximum atomic E-state index is 8.71. The molecule has 0 amide bonds. The van der Waals surface area contributed by atoms with Gasteiger partial charge in [0.1, 0.15) is 0 Å². The topological polar surface area (TPSA) is 72.4 Å². The maximum absolute atomic E-state index is 8.71. The lowest BCUT2D eigenvalue weighted by Gasteiger charge is -2.07. The van der Waals surface area contributed by atoms with Crippen LogP contribution in [-0.4, -0.2) is 20.6 Å². The van der Waals surface area contributed by atoms with E-state index in [1.807, 2.05) is 6.07 Å². The van der Waals surface area contributed by atoms with Crippen molar-refractivity contribution in [3.05, 3.63) is 36.5 Å². The number of hydrogen-bond donors (Lipinski definition) is 3. The van der Waals surface area contributed by atoms with Crippen molar-refractivity contribution < 1.29 is 10.4 Å². The molecule has 0 radical (unpaired) electrons. The third-order valence-electron chi connectivity index (χ3n) is 1.91. The third kappa shape index (κ3) is 1.59. The molecule has 0 bridgehead atoms. The van der Waals surface area contributed by atoms with Crippen molar-refractivity contribution in [1.29, 1.82) is 0 Å². The van der Waals surface area contributed by atoms with Crippen LogP contribution in [0.2, 0.25) is 0 Å². The van der Waals surface area contributed by atoms with Crippen LogP contribution in [0.4, 0.5) is 5.69 Å². The lowest BCUT2D eigenvalue weighted by Crippen LogP contribution is -2.10. The summed E-state index contributed by atoms with van der Waals surface area (Å²) in [5.41, 5.74) is 2.14. The van der Waals surface area contributed by atoms with Crippen LogP contribution in [-0.2, 0) is 0 Å². The van der Waals surface area contributed by atoms with Crippen molar-refractivity contribution in [2.45, 2.75) is 0 Å². The second-order valence-corrected chi connectivity index (χ2v) is 2.81. The van der Waals surface area contributed by atoms with Crippen molar-refractivity contribution in [2.24, 2.45) is 0 Å². The van der Waals surface area contributed by atoms with Gasteiger partial charge in [-0.15, -0.1) is 5.23 Å². The van der Waals surface area contributed by atoms with Gasteiger partial charge in [-0.3, -0.25) is 15.5 Å². The van der Waals surface area contributed by atoms with E-state index in [2.05, 4.69) is 10.2 Å². The molecule has 0 atom stereocenters. The average molecular weight is 191 g/mol. The molecular formula is C9H9N3O2. The zero-order valence-corrected chi connectivity index (χ0v) is 7.25. The Balaban J connectivity index is 2.31. The lowest BCUT2D eigenvalue weighted by molar-refractivity contribution is 0.0292. The van der Waals surface area contributed by atoms with Gasteiger partial charge in [-0.05, 0) is 23.8 Å². The van der Waals surface area contributed by atoms with Gasteiger partial charge in [0, 0.05) is 6.20 Å². The zero-order valence-electron chi connectivity index (χ0n) is 7.25. The zero-order chi connectivity index (χ0) is 9.97. The summed E-state index contributed by atoms with van der Waals surface area (Å²) in [6.07, 6.45) is 1.66. The van der Waals surface area contributed by atoms with Gasteiger partial charge in [-0.1, -0.05) is 12.1 Å². The van der Waals surface area contributed by atoms with Crippen LogP contribution in [0.3, 0.4) is 0 Å². The van der Waals surface area contributed by atoms with E-state index in [9.17, 15) is 0 Å². The summed E-state index contributed by atoms with van der Waals surface area (Å²) < 4.78 is 0. The molecule has 2 aromatic rings. The predicted molar refractivity (Wildman–Crippen MR) is 50.1 cm³/mol. The average Bonchev–Trinajstić information content (AvgIpc) is 2.71. The van der Waals surface area contributed by atoms with Crippen LogP contribution in [0.25, 0.3) is 11.3 Å². The summed E-state index contributed by atoms with van der Waals surface area (Å²) in [5, 5.41) is 24.1. The Hall–Kier alpha value is -1.85. The Morgan fingerprint density at radius 2 is 1.79 bits per heavy atom. The molecule has 5 nitrogen and oxygen atoms in total. The van der Waals surface area contributed by atoms with E-state index < -0.39 is 0 Å². The van der Waals surface area contributed by atoms with Crippen LogP contribution in [0, 0.1) is 0 Å². The minimum Gasteiger partial charge on any atom is -0.278 e. The Kier molecular flexibility index (Phi) is 2.18. The largest absolute Gasteiger partial charge is 0.278 e. The monoisotopic (exact) mass is 191 g/mol. The number of aromatic amines is 1. The fraction of sp³-hybridized carbons (Fsp3) is 0. The van der Waals surface area contributed by atoms with Crippen molar-refractivity contribution in [1.82, 2.24) is 10.2 Å². The summed E-state index contributed by atoms with van der Waals surface area (Å²) in [4.78, 5) is 0. The Morgan fingerprint density at radius 3 is 2.29 bits per heavy atom. The molecular weight excluding hydrogens is 182 g/mol. The number of anilines is 1. The Labute approximate surface area is 80.1 Å². The summed E-state index contributed by atoms with van der Waals surface area (Å²) >= 11 is 0. The Morgan fingerprint density at radius 1 is 1.07 bits per heavy atom. The van der Waals surface area contributed by atoms with E-state index in [1.165, 1.54) is 0 Å². The predicted octanol–water partition coefficient (Wildman–Crippen LogP) is 1.66. The minimum absolute atomic E-state index is 0.0801. The van der Waals surface area contributed by atoms with Crippen molar-refractivity contribution in [3.63, 3.8) is 0 Å². The van der Waals surface area contributed by atoms with Crippen molar-refractivity contribution in [3.8, 4) is 11.3 Å². The Bertz CT molecular complexity index is 395. The number of aromatic nitrogens is 2. The second-order valence-electron chi connectivity index (χ2n) is 2.81. The van der Waals surface area contributed by atoms with Crippen LogP contribution >= 0.6 is 0 Å². The van der Waals surface area contributed by atoms with Gasteiger partial charge in [0.05, 0.1) is 11.4 Å². The first-order valence-electron chi connectivity index (χ1n) is 4.05. The normalized spacial score (nSPS) is 10.1. The molecule has 0 aliphatic heterocycles. The summed E-state index contributed by atoms with van der Waals surface area (Å²) in [6, 6.07) is 8.56. The number of nitrogens with one attached hydrogen (secondary N) is 1. The van der Waals surface area contributed by atoms with Crippen molar-refractivity contribution >= 4 is 5.69 Å². The van der Waals surface area contributed by atoms with E-state index in [0.717, 1.165) is 11.3 Å². The van der Waals surface area contributed by atoms with Gasteiger partial charge in [0.2, 0.25) is 0 Å². The molecule has 0 fully saturated rings. The number of nitrogens with zero attached hydrogens (tertiary/aromatic N) is 2. The molecule has 3 N–H and O–H groups in total. The maximum Gasteiger partial charge on any atom is 0.0943 e. The minimum atomic E-state index is 0.0801. The van der Waals surface area contributed by atoms with Crippen LogP contribution < -0.4 is 5.23 Å². The summed E-state index contributed by atoms with van der Waals surface area (Å²) in [6.45, 7) is 0. The summed E-state index contributed by atoms with van der Waals surface area (Å²) in [5.74, 6) is 0. The molecule has 1 aromatic heterocycles.